The Morgan fingerprint density at radius 3 is 2.24 bits per heavy atom. The molecule has 9 nitrogen and oxygen atoms in total. The zero-order valence-corrected chi connectivity index (χ0v) is 27.7. The molecule has 0 N–H and O–H groups in total. The van der Waals surface area contributed by atoms with Crippen molar-refractivity contribution in [1.82, 2.24) is 19.6 Å². The average Bonchev–Trinajstić information content (AvgIpc) is 3.45. The highest BCUT2D eigenvalue weighted by Crippen LogP contribution is 2.39. The van der Waals surface area contributed by atoms with Gasteiger partial charge in [-0.15, -0.1) is 0 Å². The predicted molar refractivity (Wildman–Crippen MR) is 179 cm³/mol. The summed E-state index contributed by atoms with van der Waals surface area (Å²) in [6.45, 7) is 3.00. The first kappa shape index (κ1) is 31.7. The van der Waals surface area contributed by atoms with Gasteiger partial charge < -0.3 is 14.5 Å². The van der Waals surface area contributed by atoms with Crippen LogP contribution < -0.4 is 0 Å². The van der Waals surface area contributed by atoms with Crippen molar-refractivity contribution < 1.29 is 23.9 Å². The van der Waals surface area contributed by atoms with Crippen LogP contribution in [0.2, 0.25) is 0 Å². The molecule has 4 aliphatic rings. The first-order chi connectivity index (χ1) is 21.9. The maximum atomic E-state index is 14.2. The van der Waals surface area contributed by atoms with Crippen molar-refractivity contribution in [2.75, 3.05) is 32.8 Å². The summed E-state index contributed by atoms with van der Waals surface area (Å²) in [5, 5.41) is 0. The third-order valence-electron chi connectivity index (χ3n) is 9.79. The summed E-state index contributed by atoms with van der Waals surface area (Å²) in [6, 6.07) is 17.3. The number of β-lactam (4-membered cyclic amide) rings is 1. The van der Waals surface area contributed by atoms with Crippen LogP contribution in [0.1, 0.15) is 62.1 Å². The van der Waals surface area contributed by atoms with Crippen molar-refractivity contribution in [2.45, 2.75) is 75.2 Å². The van der Waals surface area contributed by atoms with E-state index in [9.17, 15) is 19.2 Å². The number of rotatable bonds is 10. The monoisotopic (exact) mass is 724 g/mol. The van der Waals surface area contributed by atoms with Gasteiger partial charge in [0.2, 0.25) is 11.8 Å². The smallest absolute Gasteiger partial charge is 0.411 e. The van der Waals surface area contributed by atoms with E-state index in [-0.39, 0.29) is 35.1 Å². The Balaban J connectivity index is 1.27. The lowest BCUT2D eigenvalue weighted by molar-refractivity contribution is -0.166. The molecule has 3 aliphatic heterocycles. The lowest BCUT2D eigenvalue weighted by Gasteiger charge is -2.53. The van der Waals surface area contributed by atoms with Gasteiger partial charge in [0.05, 0.1) is 12.1 Å². The van der Waals surface area contributed by atoms with Crippen LogP contribution in [-0.2, 0) is 19.1 Å². The number of carbonyl (C=O) groups excluding carboxylic acids is 4. The first-order valence-corrected chi connectivity index (χ1v) is 17.3. The fourth-order valence-electron chi connectivity index (χ4n) is 7.40. The molecule has 6 rings (SSSR count). The Morgan fingerprint density at radius 2 is 1.58 bits per heavy atom. The molecule has 0 unspecified atom stereocenters. The van der Waals surface area contributed by atoms with Crippen molar-refractivity contribution in [3.05, 3.63) is 77.9 Å². The number of hydrogen-bond donors (Lipinski definition) is 0. The highest BCUT2D eigenvalue weighted by molar-refractivity contribution is 14.1. The highest BCUT2D eigenvalue weighted by atomic mass is 127. The van der Waals surface area contributed by atoms with Gasteiger partial charge in [-0.25, -0.2) is 4.79 Å². The van der Waals surface area contributed by atoms with Crippen LogP contribution in [0.25, 0.3) is 6.08 Å². The van der Waals surface area contributed by atoms with E-state index >= 15 is 0 Å². The summed E-state index contributed by atoms with van der Waals surface area (Å²) in [5.74, 6) is -0.415. The predicted octanol–water partition coefficient (Wildman–Crippen LogP) is 5.06. The zero-order chi connectivity index (χ0) is 31.3. The Labute approximate surface area is 278 Å². The summed E-state index contributed by atoms with van der Waals surface area (Å²) in [5.41, 5.74) is 1.84. The molecule has 0 spiro atoms. The Hall–Kier alpha value is -3.25. The van der Waals surface area contributed by atoms with Crippen LogP contribution >= 0.6 is 22.6 Å². The molecule has 3 amide bonds. The molecule has 3 heterocycles. The number of amides is 3. The minimum absolute atomic E-state index is 0.0549. The maximum Gasteiger partial charge on any atom is 0.411 e. The van der Waals surface area contributed by atoms with Gasteiger partial charge in [0.25, 0.3) is 0 Å². The molecule has 0 bridgehead atoms. The molecular formula is C35H41IN4O5. The van der Waals surface area contributed by atoms with Gasteiger partial charge in [0, 0.05) is 38.6 Å². The van der Waals surface area contributed by atoms with Crippen molar-refractivity contribution in [1.29, 1.82) is 0 Å². The molecular weight excluding hydrogens is 683 g/mol. The largest absolute Gasteiger partial charge is 0.447 e. The van der Waals surface area contributed by atoms with Gasteiger partial charge in [-0.1, -0.05) is 92.1 Å². The second-order valence-electron chi connectivity index (χ2n) is 12.4. The molecule has 0 aromatic heterocycles. The Morgan fingerprint density at radius 1 is 0.911 bits per heavy atom. The Kier molecular flexibility index (Phi) is 10.2. The number of benzene rings is 2. The maximum absolute atomic E-state index is 14.2. The van der Waals surface area contributed by atoms with E-state index in [2.05, 4.69) is 4.90 Å². The van der Waals surface area contributed by atoms with Crippen LogP contribution in [-0.4, -0.2) is 98.3 Å². The van der Waals surface area contributed by atoms with Gasteiger partial charge in [0.15, 0.2) is 3.79 Å². The minimum atomic E-state index is -0.820. The number of ether oxygens (including phenoxy) is 1. The standard InChI is InChI=1S/C35H41IN4O5/c36-31(41)19-18-29(33(42)38-22-20-37(21-23-38)27-14-8-3-9-15-27)39-28(17-16-25-10-4-1-5-11-25)32(34(39)43)40-30(24-45-35(40)44)26-12-6-2-7-13-26/h1-2,4-7,10-13,16-17,27-30,32H,3,8-9,14-15,18-24H2/b17-16+/t28-,29+,30-,32+/m1/s1. The number of cyclic esters (lactones) is 1. The summed E-state index contributed by atoms with van der Waals surface area (Å²) in [7, 11) is 0. The second-order valence-corrected chi connectivity index (χ2v) is 13.6. The molecule has 3 saturated heterocycles. The van der Waals surface area contributed by atoms with Crippen molar-refractivity contribution >= 4 is 50.4 Å². The van der Waals surface area contributed by atoms with E-state index in [1.807, 2.05) is 77.7 Å². The second kappa shape index (κ2) is 14.5. The average molecular weight is 725 g/mol. The normalized spacial score (nSPS) is 25.4. The molecule has 1 saturated carbocycles. The molecule has 45 heavy (non-hydrogen) atoms. The third-order valence-corrected chi connectivity index (χ3v) is 10.3. The zero-order valence-electron chi connectivity index (χ0n) is 25.5. The minimum Gasteiger partial charge on any atom is -0.447 e. The summed E-state index contributed by atoms with van der Waals surface area (Å²) in [6.07, 6.45) is 10.0. The summed E-state index contributed by atoms with van der Waals surface area (Å²) < 4.78 is 5.44. The van der Waals surface area contributed by atoms with E-state index in [1.165, 1.54) is 32.1 Å². The van der Waals surface area contributed by atoms with E-state index in [4.69, 9.17) is 4.74 Å². The third kappa shape index (κ3) is 6.96. The van der Waals surface area contributed by atoms with Crippen LogP contribution in [0.15, 0.2) is 66.7 Å². The van der Waals surface area contributed by atoms with Gasteiger partial charge in [-0.3, -0.25) is 24.2 Å². The van der Waals surface area contributed by atoms with Crippen LogP contribution in [0.3, 0.4) is 0 Å². The van der Waals surface area contributed by atoms with Crippen LogP contribution in [0, 0.1) is 0 Å². The van der Waals surface area contributed by atoms with E-state index < -0.39 is 30.3 Å². The van der Waals surface area contributed by atoms with Crippen LogP contribution in [0.5, 0.6) is 0 Å². The van der Waals surface area contributed by atoms with Crippen LogP contribution in [0.4, 0.5) is 4.79 Å². The number of piperazine rings is 1. The number of halogens is 1. The van der Waals surface area contributed by atoms with E-state index in [1.54, 1.807) is 32.4 Å². The molecule has 2 aromatic rings. The molecule has 4 fully saturated rings. The molecule has 2 aromatic carbocycles. The number of likely N-dealkylation sites (tertiary alicyclic amines) is 1. The molecule has 0 radical (unpaired) electrons. The quantitative estimate of drug-likeness (QED) is 0.194. The molecule has 10 heteroatoms. The van der Waals surface area contributed by atoms with Crippen molar-refractivity contribution in [3.63, 3.8) is 0 Å². The molecule has 1 aliphatic carbocycles. The first-order valence-electron chi connectivity index (χ1n) is 16.2. The van der Waals surface area contributed by atoms with E-state index in [0.29, 0.717) is 19.1 Å². The van der Waals surface area contributed by atoms with Crippen molar-refractivity contribution in [2.24, 2.45) is 0 Å². The lowest BCUT2D eigenvalue weighted by atomic mass is 9.87. The molecule has 238 valence electrons. The fraction of sp³-hybridized carbons (Fsp3) is 0.486. The van der Waals surface area contributed by atoms with Gasteiger partial charge >= 0.3 is 6.09 Å². The van der Waals surface area contributed by atoms with Gasteiger partial charge in [-0.05, 0) is 53.0 Å². The molecule has 4 atom stereocenters. The number of hydrogen-bond acceptors (Lipinski definition) is 6. The summed E-state index contributed by atoms with van der Waals surface area (Å²) >= 11 is 1.76. The van der Waals surface area contributed by atoms with Gasteiger partial charge in [0.1, 0.15) is 18.7 Å². The lowest BCUT2D eigenvalue weighted by Crippen LogP contribution is -2.74. The number of nitrogens with zero attached hydrogens (tertiary/aromatic N) is 4. The summed E-state index contributed by atoms with van der Waals surface area (Å²) in [4.78, 5) is 61.3. The highest BCUT2D eigenvalue weighted by Gasteiger charge is 2.58. The SMILES string of the molecule is O=C(I)CC[C@@H](C(=O)N1CCN(C2CCCCC2)CC1)N1C(=O)[C@@H](N2C(=O)OC[C@@H]2c2ccccc2)[C@H]1/C=C/c1ccccc1. The topological polar surface area (TPSA) is 90.5 Å². The fourth-order valence-corrected chi connectivity index (χ4v) is 7.71. The Bertz CT molecular complexity index is 1390. The number of carbonyl (C=O) groups is 4. The van der Waals surface area contributed by atoms with Crippen molar-refractivity contribution in [3.8, 4) is 0 Å². The van der Waals surface area contributed by atoms with Gasteiger partial charge in [-0.2, -0.15) is 0 Å². The van der Waals surface area contributed by atoms with E-state index in [0.717, 1.165) is 24.2 Å².